The number of aryl methyl sites for hydroxylation is 1. The smallest absolute Gasteiger partial charge is 0.365 e. The van der Waals surface area contributed by atoms with Gasteiger partial charge < -0.3 is 4.74 Å². The molecule has 0 radical (unpaired) electrons. The van der Waals surface area contributed by atoms with Crippen LogP contribution in [0.3, 0.4) is 0 Å². The summed E-state index contributed by atoms with van der Waals surface area (Å²) in [4.78, 5) is 14.1. The number of anilines is 1. The summed E-state index contributed by atoms with van der Waals surface area (Å²) < 4.78 is 5.25. The van der Waals surface area contributed by atoms with E-state index in [9.17, 15) is 4.79 Å². The van der Waals surface area contributed by atoms with E-state index < -0.39 is 4.87 Å². The first-order chi connectivity index (χ1) is 13.1. The first-order valence-corrected chi connectivity index (χ1v) is 11.1. The van der Waals surface area contributed by atoms with Crippen LogP contribution in [-0.2, 0) is 14.4 Å². The van der Waals surface area contributed by atoms with Gasteiger partial charge in [0.25, 0.3) is 0 Å². The molecule has 138 valence electrons. The Morgan fingerprint density at radius 1 is 1.07 bits per heavy atom. The minimum Gasteiger partial charge on any atom is -0.461 e. The second-order valence-electron chi connectivity index (χ2n) is 5.97. The number of rotatable bonds is 5. The lowest BCUT2D eigenvalue weighted by Gasteiger charge is -2.35. The van der Waals surface area contributed by atoms with E-state index in [1.807, 2.05) is 36.2 Å². The molecule has 0 saturated carbocycles. The number of nitrogens with zero attached hydrogens (tertiary/aromatic N) is 2. The van der Waals surface area contributed by atoms with Gasteiger partial charge in [-0.2, -0.15) is 5.10 Å². The molecule has 3 aromatic rings. The molecule has 0 amide bonds. The second kappa shape index (κ2) is 7.50. The molecule has 27 heavy (non-hydrogen) atoms. The summed E-state index contributed by atoms with van der Waals surface area (Å²) in [6.07, 6.45) is 0. The van der Waals surface area contributed by atoms with Gasteiger partial charge in [-0.3, -0.25) is 0 Å². The first-order valence-electron chi connectivity index (χ1n) is 8.54. The Bertz CT molecular complexity index is 914. The molecule has 1 aliphatic heterocycles. The van der Waals surface area contributed by atoms with E-state index in [0.29, 0.717) is 11.7 Å². The van der Waals surface area contributed by atoms with E-state index in [0.717, 1.165) is 15.4 Å². The van der Waals surface area contributed by atoms with Crippen LogP contribution in [-0.4, -0.2) is 17.6 Å². The number of carbonyl (C=O) groups is 1. The zero-order chi connectivity index (χ0) is 18.9. The van der Waals surface area contributed by atoms with Gasteiger partial charge in [0.2, 0.25) is 5.04 Å². The van der Waals surface area contributed by atoms with Crippen molar-refractivity contribution in [1.29, 1.82) is 0 Å². The van der Waals surface area contributed by atoms with Crippen LogP contribution in [0.25, 0.3) is 0 Å². The second-order valence-corrected chi connectivity index (χ2v) is 9.05. The fourth-order valence-corrected chi connectivity index (χ4v) is 6.29. The van der Waals surface area contributed by atoms with Gasteiger partial charge in [0.1, 0.15) is 0 Å². The summed E-state index contributed by atoms with van der Waals surface area (Å²) in [5.74, 6) is -0.380. The van der Waals surface area contributed by atoms with Crippen molar-refractivity contribution in [2.45, 2.75) is 18.7 Å². The Kier molecular flexibility index (Phi) is 5.08. The topological polar surface area (TPSA) is 41.9 Å². The Hall–Kier alpha value is -2.09. The third-order valence-electron chi connectivity index (χ3n) is 4.17. The van der Waals surface area contributed by atoms with E-state index in [1.165, 1.54) is 17.3 Å². The Morgan fingerprint density at radius 3 is 2.22 bits per heavy atom. The Morgan fingerprint density at radius 2 is 1.70 bits per heavy atom. The van der Waals surface area contributed by atoms with Crippen molar-refractivity contribution in [2.75, 3.05) is 11.6 Å². The van der Waals surface area contributed by atoms with Gasteiger partial charge in [-0.15, -0.1) is 22.7 Å². The number of hydrogen-bond donors (Lipinski definition) is 0. The molecule has 4 rings (SSSR count). The zero-order valence-electron chi connectivity index (χ0n) is 14.9. The average Bonchev–Trinajstić information content (AvgIpc) is 3.42. The molecule has 1 aromatic carbocycles. The number of carbonyl (C=O) groups excluding carboxylic acids is 1. The molecule has 4 nitrogen and oxygen atoms in total. The summed E-state index contributed by atoms with van der Waals surface area (Å²) in [5, 5.41) is 11.2. The van der Waals surface area contributed by atoms with Gasteiger partial charge in [-0.25, -0.2) is 9.80 Å². The van der Waals surface area contributed by atoms with E-state index >= 15 is 0 Å². The number of ether oxygens (including phenoxy) is 1. The fourth-order valence-electron chi connectivity index (χ4n) is 2.94. The average molecular weight is 415 g/mol. The van der Waals surface area contributed by atoms with E-state index in [-0.39, 0.29) is 5.97 Å². The zero-order valence-corrected chi connectivity index (χ0v) is 17.4. The minimum atomic E-state index is -0.611. The van der Waals surface area contributed by atoms with Crippen LogP contribution in [0.4, 0.5) is 5.69 Å². The highest BCUT2D eigenvalue weighted by Gasteiger charge is 2.51. The number of esters is 1. The summed E-state index contributed by atoms with van der Waals surface area (Å²) in [6, 6.07) is 16.5. The summed E-state index contributed by atoms with van der Waals surface area (Å²) in [5.41, 5.74) is 2.12. The SMILES string of the molecule is CCOC(=O)C1=NN(c2ccc(C)cc2)C(c2cccs2)(c2cccs2)S1. The van der Waals surface area contributed by atoms with Crippen LogP contribution in [0.5, 0.6) is 0 Å². The lowest BCUT2D eigenvalue weighted by atomic mass is 10.1. The van der Waals surface area contributed by atoms with Gasteiger partial charge in [-0.05, 0) is 48.9 Å². The summed E-state index contributed by atoms with van der Waals surface area (Å²) in [6.45, 7) is 4.19. The molecule has 0 atom stereocenters. The van der Waals surface area contributed by atoms with Crippen molar-refractivity contribution >= 4 is 51.1 Å². The van der Waals surface area contributed by atoms with Crippen molar-refractivity contribution in [3.05, 3.63) is 74.6 Å². The maximum Gasteiger partial charge on any atom is 0.365 e. The van der Waals surface area contributed by atoms with Gasteiger partial charge in [-0.1, -0.05) is 41.6 Å². The van der Waals surface area contributed by atoms with Crippen molar-refractivity contribution in [3.8, 4) is 0 Å². The van der Waals surface area contributed by atoms with E-state index in [2.05, 4.69) is 41.9 Å². The third-order valence-corrected chi connectivity index (χ3v) is 7.74. The van der Waals surface area contributed by atoms with Crippen LogP contribution in [0, 0.1) is 6.92 Å². The Balaban J connectivity index is 1.90. The monoisotopic (exact) mass is 414 g/mol. The van der Waals surface area contributed by atoms with Crippen LogP contribution >= 0.6 is 34.4 Å². The van der Waals surface area contributed by atoms with Crippen LogP contribution in [0.15, 0.2) is 64.4 Å². The molecule has 0 aliphatic carbocycles. The van der Waals surface area contributed by atoms with E-state index in [4.69, 9.17) is 9.84 Å². The normalized spacial score (nSPS) is 15.6. The number of thioether (sulfide) groups is 1. The van der Waals surface area contributed by atoms with Gasteiger partial charge in [0.05, 0.1) is 12.3 Å². The van der Waals surface area contributed by atoms with Crippen molar-refractivity contribution in [1.82, 2.24) is 0 Å². The molecule has 1 aliphatic rings. The number of hydrazone groups is 1. The number of hydrogen-bond acceptors (Lipinski definition) is 7. The predicted octanol–water partition coefficient (Wildman–Crippen LogP) is 5.45. The molecule has 3 heterocycles. The standard InChI is InChI=1S/C20H18N2O2S3/c1-3-24-19(23)18-21-22(15-10-8-14(2)9-11-15)20(27-18,16-6-4-12-25-16)17-7-5-13-26-17/h4-13H,3H2,1-2H3. The predicted molar refractivity (Wildman–Crippen MR) is 115 cm³/mol. The first kappa shape index (κ1) is 18.3. The molecule has 0 bridgehead atoms. The lowest BCUT2D eigenvalue weighted by molar-refractivity contribution is -0.134. The maximum atomic E-state index is 12.5. The number of thiophene rings is 2. The summed E-state index contributed by atoms with van der Waals surface area (Å²) >= 11 is 4.78. The van der Waals surface area contributed by atoms with E-state index in [1.54, 1.807) is 22.7 Å². The maximum absolute atomic E-state index is 12.5. The molecule has 0 unspecified atom stereocenters. The largest absolute Gasteiger partial charge is 0.461 e. The van der Waals surface area contributed by atoms with Gasteiger partial charge in [0, 0.05) is 9.75 Å². The molecule has 2 aromatic heterocycles. The van der Waals surface area contributed by atoms with Crippen molar-refractivity contribution in [2.24, 2.45) is 5.10 Å². The van der Waals surface area contributed by atoms with Gasteiger partial charge >= 0.3 is 5.97 Å². The highest BCUT2D eigenvalue weighted by atomic mass is 32.2. The molecule has 0 saturated heterocycles. The molecule has 0 N–H and O–H groups in total. The Labute approximate surface area is 170 Å². The third kappa shape index (κ3) is 3.20. The molecular weight excluding hydrogens is 396 g/mol. The van der Waals surface area contributed by atoms with Gasteiger partial charge in [0.15, 0.2) is 4.87 Å². The van der Waals surface area contributed by atoms with Crippen LogP contribution < -0.4 is 5.01 Å². The molecule has 0 fully saturated rings. The van der Waals surface area contributed by atoms with Crippen LogP contribution in [0.1, 0.15) is 22.2 Å². The van der Waals surface area contributed by atoms with Crippen molar-refractivity contribution in [3.63, 3.8) is 0 Å². The summed E-state index contributed by atoms with van der Waals surface area (Å²) in [7, 11) is 0. The fraction of sp³-hybridized carbons (Fsp3) is 0.200. The lowest BCUT2D eigenvalue weighted by Crippen LogP contribution is -2.37. The molecule has 7 heteroatoms. The minimum absolute atomic E-state index is 0.327. The molecular formula is C20H18N2O2S3. The van der Waals surface area contributed by atoms with Crippen molar-refractivity contribution < 1.29 is 9.53 Å². The molecule has 0 spiro atoms. The van der Waals surface area contributed by atoms with Crippen LogP contribution in [0.2, 0.25) is 0 Å². The number of benzene rings is 1. The highest BCUT2D eigenvalue weighted by molar-refractivity contribution is 8.17. The highest BCUT2D eigenvalue weighted by Crippen LogP contribution is 2.55. The quantitative estimate of drug-likeness (QED) is 0.521.